The average molecular weight is 223 g/mol. The van der Waals surface area contributed by atoms with Crippen LogP contribution in [0.4, 0.5) is 5.69 Å². The van der Waals surface area contributed by atoms with Gasteiger partial charge in [-0.25, -0.2) is 9.59 Å². The predicted molar refractivity (Wildman–Crippen MR) is 54.7 cm³/mol. The molecule has 0 spiro atoms. The van der Waals surface area contributed by atoms with E-state index in [1.807, 2.05) is 0 Å². The number of hydrogen-bond donors (Lipinski definition) is 3. The summed E-state index contributed by atoms with van der Waals surface area (Å²) in [6.45, 7) is 1.27. The van der Waals surface area contributed by atoms with E-state index >= 15 is 0 Å². The van der Waals surface area contributed by atoms with E-state index in [-0.39, 0.29) is 22.7 Å². The number of carbonyl (C=O) groups is 3. The number of carbonyl (C=O) groups excluding carboxylic acids is 1. The first-order valence-electron chi connectivity index (χ1n) is 4.30. The van der Waals surface area contributed by atoms with E-state index in [1.165, 1.54) is 13.0 Å². The van der Waals surface area contributed by atoms with E-state index in [2.05, 4.69) is 5.32 Å². The third kappa shape index (κ3) is 2.57. The van der Waals surface area contributed by atoms with Gasteiger partial charge in [-0.3, -0.25) is 4.79 Å². The van der Waals surface area contributed by atoms with Gasteiger partial charge in [0, 0.05) is 12.6 Å². The van der Waals surface area contributed by atoms with Gasteiger partial charge in [0.25, 0.3) is 0 Å². The topological polar surface area (TPSA) is 104 Å². The maximum Gasteiger partial charge on any atom is 0.336 e. The van der Waals surface area contributed by atoms with Crippen molar-refractivity contribution < 1.29 is 24.6 Å². The number of carboxylic acid groups (broad SMARTS) is 2. The first-order valence-corrected chi connectivity index (χ1v) is 4.30. The minimum Gasteiger partial charge on any atom is -0.478 e. The number of nitrogens with one attached hydrogen (secondary N) is 1. The average Bonchev–Trinajstić information content (AvgIpc) is 2.16. The fourth-order valence-corrected chi connectivity index (χ4v) is 1.19. The molecular weight excluding hydrogens is 214 g/mol. The first-order chi connectivity index (χ1) is 7.41. The molecule has 1 aromatic rings. The molecule has 16 heavy (non-hydrogen) atoms. The van der Waals surface area contributed by atoms with Gasteiger partial charge in [-0.05, 0) is 18.2 Å². The molecule has 0 bridgehead atoms. The molecule has 0 aliphatic carbocycles. The Bertz CT molecular complexity index is 466. The summed E-state index contributed by atoms with van der Waals surface area (Å²) >= 11 is 0. The number of anilines is 1. The second kappa shape index (κ2) is 4.43. The minimum atomic E-state index is -1.36. The maximum absolute atomic E-state index is 10.8. The van der Waals surface area contributed by atoms with Gasteiger partial charge >= 0.3 is 11.9 Å². The second-order valence-electron chi connectivity index (χ2n) is 3.05. The number of amides is 1. The van der Waals surface area contributed by atoms with Crippen LogP contribution < -0.4 is 5.32 Å². The summed E-state index contributed by atoms with van der Waals surface area (Å²) in [4.78, 5) is 32.2. The lowest BCUT2D eigenvalue weighted by molar-refractivity contribution is -0.114. The van der Waals surface area contributed by atoms with E-state index in [9.17, 15) is 14.4 Å². The lowest BCUT2D eigenvalue weighted by Gasteiger charge is -2.05. The van der Waals surface area contributed by atoms with Crippen molar-refractivity contribution in [3.8, 4) is 0 Å². The fraction of sp³-hybridized carbons (Fsp3) is 0.100. The molecule has 0 radical (unpaired) electrons. The van der Waals surface area contributed by atoms with Crippen LogP contribution in [0.5, 0.6) is 0 Å². The molecule has 0 aromatic heterocycles. The van der Waals surface area contributed by atoms with E-state index in [4.69, 9.17) is 10.2 Å². The van der Waals surface area contributed by atoms with Gasteiger partial charge in [-0.2, -0.15) is 0 Å². The van der Waals surface area contributed by atoms with Crippen LogP contribution >= 0.6 is 0 Å². The monoisotopic (exact) mass is 223 g/mol. The normalized spacial score (nSPS) is 9.56. The molecule has 0 saturated heterocycles. The van der Waals surface area contributed by atoms with E-state index in [1.54, 1.807) is 0 Å². The molecule has 1 aromatic carbocycles. The Morgan fingerprint density at radius 1 is 1.06 bits per heavy atom. The van der Waals surface area contributed by atoms with Crippen molar-refractivity contribution in [1.82, 2.24) is 0 Å². The summed E-state index contributed by atoms with van der Waals surface area (Å²) in [5.74, 6) is -3.05. The van der Waals surface area contributed by atoms with Gasteiger partial charge in [-0.15, -0.1) is 0 Å². The van der Waals surface area contributed by atoms with Crippen LogP contribution in [0, 0.1) is 0 Å². The molecule has 0 atom stereocenters. The van der Waals surface area contributed by atoms with E-state index in [0.717, 1.165) is 12.1 Å². The summed E-state index contributed by atoms with van der Waals surface area (Å²) in [6, 6.07) is 3.57. The van der Waals surface area contributed by atoms with Crippen molar-refractivity contribution in [3.63, 3.8) is 0 Å². The Morgan fingerprint density at radius 2 is 1.62 bits per heavy atom. The highest BCUT2D eigenvalue weighted by atomic mass is 16.4. The van der Waals surface area contributed by atoms with Gasteiger partial charge in [0.15, 0.2) is 0 Å². The Kier molecular flexibility index (Phi) is 3.24. The largest absolute Gasteiger partial charge is 0.478 e. The predicted octanol–water partition coefficient (Wildman–Crippen LogP) is 1.04. The molecule has 0 heterocycles. The van der Waals surface area contributed by atoms with Crippen molar-refractivity contribution >= 4 is 23.5 Å². The zero-order valence-corrected chi connectivity index (χ0v) is 8.35. The van der Waals surface area contributed by atoms with E-state index < -0.39 is 11.9 Å². The van der Waals surface area contributed by atoms with Gasteiger partial charge < -0.3 is 15.5 Å². The van der Waals surface area contributed by atoms with Gasteiger partial charge in [-0.1, -0.05) is 0 Å². The number of rotatable bonds is 3. The minimum absolute atomic E-state index is 0.245. The van der Waals surface area contributed by atoms with Crippen LogP contribution in [0.25, 0.3) is 0 Å². The smallest absolute Gasteiger partial charge is 0.336 e. The molecule has 3 N–H and O–H groups in total. The summed E-state index contributed by atoms with van der Waals surface area (Å²) in [5, 5.41) is 19.9. The Morgan fingerprint density at radius 3 is 2.06 bits per heavy atom. The second-order valence-corrected chi connectivity index (χ2v) is 3.05. The summed E-state index contributed by atoms with van der Waals surface area (Å²) in [5.41, 5.74) is -0.435. The number of hydrogen-bond acceptors (Lipinski definition) is 3. The maximum atomic E-state index is 10.8. The summed E-state index contributed by atoms with van der Waals surface area (Å²) in [7, 11) is 0. The molecule has 0 aliphatic rings. The van der Waals surface area contributed by atoms with Crippen LogP contribution in [0.1, 0.15) is 27.6 Å². The van der Waals surface area contributed by atoms with Crippen LogP contribution in [0.15, 0.2) is 18.2 Å². The van der Waals surface area contributed by atoms with Crippen molar-refractivity contribution in [3.05, 3.63) is 29.3 Å². The van der Waals surface area contributed by atoms with Crippen molar-refractivity contribution in [2.75, 3.05) is 5.32 Å². The lowest BCUT2D eigenvalue weighted by atomic mass is 10.1. The molecule has 84 valence electrons. The standard InChI is InChI=1S/C10H9NO5/c1-5(12)11-6-2-3-7(9(13)14)8(4-6)10(15)16/h2-4H,1H3,(H,11,12)(H,13,14)(H,15,16). The van der Waals surface area contributed by atoms with Crippen molar-refractivity contribution in [2.45, 2.75) is 6.92 Å². The molecule has 1 rings (SSSR count). The number of aromatic carboxylic acids is 2. The molecule has 1 amide bonds. The number of benzene rings is 1. The zero-order chi connectivity index (χ0) is 12.3. The van der Waals surface area contributed by atoms with Crippen LogP contribution in [0.3, 0.4) is 0 Å². The van der Waals surface area contributed by atoms with Gasteiger partial charge in [0.05, 0.1) is 11.1 Å². The van der Waals surface area contributed by atoms with Crippen molar-refractivity contribution in [1.29, 1.82) is 0 Å². The third-order valence-electron chi connectivity index (χ3n) is 1.80. The molecule has 0 saturated carbocycles. The highest BCUT2D eigenvalue weighted by Gasteiger charge is 2.16. The highest BCUT2D eigenvalue weighted by molar-refractivity contribution is 6.03. The number of carboxylic acids is 2. The van der Waals surface area contributed by atoms with Gasteiger partial charge in [0.2, 0.25) is 5.91 Å². The van der Waals surface area contributed by atoms with Crippen LogP contribution in [-0.4, -0.2) is 28.1 Å². The SMILES string of the molecule is CC(=O)Nc1ccc(C(=O)O)c(C(=O)O)c1. The van der Waals surface area contributed by atoms with E-state index in [0.29, 0.717) is 0 Å². The Labute approximate surface area is 90.5 Å². The Hall–Kier alpha value is -2.37. The zero-order valence-electron chi connectivity index (χ0n) is 8.35. The Balaban J connectivity index is 3.22. The molecule has 0 fully saturated rings. The van der Waals surface area contributed by atoms with Gasteiger partial charge in [0.1, 0.15) is 0 Å². The molecule has 0 aliphatic heterocycles. The van der Waals surface area contributed by atoms with Crippen molar-refractivity contribution in [2.24, 2.45) is 0 Å². The summed E-state index contributed by atoms with van der Waals surface area (Å²) < 4.78 is 0. The lowest BCUT2D eigenvalue weighted by Crippen LogP contribution is -2.11. The van der Waals surface area contributed by atoms with Crippen LogP contribution in [0.2, 0.25) is 0 Å². The fourth-order valence-electron chi connectivity index (χ4n) is 1.19. The highest BCUT2D eigenvalue weighted by Crippen LogP contribution is 2.16. The third-order valence-corrected chi connectivity index (χ3v) is 1.80. The molecule has 0 unspecified atom stereocenters. The quantitative estimate of drug-likeness (QED) is 0.710. The van der Waals surface area contributed by atoms with Crippen LogP contribution in [-0.2, 0) is 4.79 Å². The summed E-state index contributed by atoms with van der Waals surface area (Å²) in [6.07, 6.45) is 0. The molecule has 6 heteroatoms. The molecule has 6 nitrogen and oxygen atoms in total. The first kappa shape index (κ1) is 11.7. The molecular formula is C10H9NO5.